The molecule has 0 aliphatic heterocycles. The van der Waals surface area contributed by atoms with Crippen LogP contribution in [0.25, 0.3) is 0 Å². The molecule has 45 heavy (non-hydrogen) atoms. The van der Waals surface area contributed by atoms with E-state index in [0.717, 1.165) is 24.8 Å². The van der Waals surface area contributed by atoms with Crippen molar-refractivity contribution in [2.75, 3.05) is 57.5 Å². The SMILES string of the molecule is Cl.Cl.N=C(NCCCCc1ccc(OCCN(CC(O)[C@@H](O)CO)CC(O)[C@@H](O)CO)cc1)NC(=O)c1nc(Cl)c(N)nc1N. The van der Waals surface area contributed by atoms with Crippen LogP contribution in [0.1, 0.15) is 28.9 Å². The summed E-state index contributed by atoms with van der Waals surface area (Å²) < 4.78 is 5.75. The number of benzene rings is 1. The fourth-order valence-corrected chi connectivity index (χ4v) is 3.94. The molecule has 0 fully saturated rings. The van der Waals surface area contributed by atoms with Gasteiger partial charge < -0.3 is 52.2 Å². The van der Waals surface area contributed by atoms with Gasteiger partial charge >= 0.3 is 0 Å². The summed E-state index contributed by atoms with van der Waals surface area (Å²) in [5.74, 6) is -0.672. The summed E-state index contributed by atoms with van der Waals surface area (Å²) in [7, 11) is 0. The van der Waals surface area contributed by atoms with Crippen LogP contribution in [0.15, 0.2) is 24.3 Å². The molecule has 1 aromatic carbocycles. The Morgan fingerprint density at radius 3 is 2.07 bits per heavy atom. The minimum Gasteiger partial charge on any atom is -0.492 e. The average Bonchev–Trinajstić information content (AvgIpc) is 2.98. The van der Waals surface area contributed by atoms with E-state index in [1.807, 2.05) is 12.1 Å². The van der Waals surface area contributed by atoms with Crippen LogP contribution >= 0.6 is 36.4 Å². The third-order valence-corrected chi connectivity index (χ3v) is 6.58. The Kier molecular flexibility index (Phi) is 20.5. The van der Waals surface area contributed by atoms with Gasteiger partial charge in [-0.05, 0) is 37.0 Å². The minimum atomic E-state index is -1.37. The Bertz CT molecular complexity index is 1150. The van der Waals surface area contributed by atoms with E-state index in [4.69, 9.17) is 43.4 Å². The summed E-state index contributed by atoms with van der Waals surface area (Å²) in [6, 6.07) is 7.43. The molecule has 13 N–H and O–H groups in total. The molecular formula is C26H43Cl3N8O8. The summed E-state index contributed by atoms with van der Waals surface area (Å²) in [4.78, 5) is 21.3. The highest BCUT2D eigenvalue weighted by molar-refractivity contribution is 6.31. The van der Waals surface area contributed by atoms with Crippen molar-refractivity contribution in [3.63, 3.8) is 0 Å². The van der Waals surface area contributed by atoms with Crippen LogP contribution in [0.4, 0.5) is 11.6 Å². The third-order valence-electron chi connectivity index (χ3n) is 6.30. The number of hydrogen-bond donors (Lipinski definition) is 11. The summed E-state index contributed by atoms with van der Waals surface area (Å²) in [5, 5.41) is 70.3. The zero-order valence-electron chi connectivity index (χ0n) is 24.4. The predicted molar refractivity (Wildman–Crippen MR) is 173 cm³/mol. The Morgan fingerprint density at radius 2 is 1.51 bits per heavy atom. The van der Waals surface area contributed by atoms with E-state index in [9.17, 15) is 25.2 Å². The highest BCUT2D eigenvalue weighted by atomic mass is 35.5. The van der Waals surface area contributed by atoms with Crippen molar-refractivity contribution >= 4 is 59.9 Å². The Morgan fingerprint density at radius 1 is 0.933 bits per heavy atom. The van der Waals surface area contributed by atoms with Crippen molar-refractivity contribution in [3.8, 4) is 5.75 Å². The number of guanidine groups is 1. The van der Waals surface area contributed by atoms with Gasteiger partial charge in [0.1, 0.15) is 24.6 Å². The number of nitrogens with zero attached hydrogens (tertiary/aromatic N) is 3. The van der Waals surface area contributed by atoms with Gasteiger partial charge in [0, 0.05) is 26.2 Å². The predicted octanol–water partition coefficient (Wildman–Crippen LogP) is -1.48. The van der Waals surface area contributed by atoms with Gasteiger partial charge in [0.15, 0.2) is 28.4 Å². The molecule has 2 aromatic rings. The van der Waals surface area contributed by atoms with Gasteiger partial charge in [-0.25, -0.2) is 9.97 Å². The number of hydrogen-bond acceptors (Lipinski definition) is 14. The number of aliphatic hydroxyl groups excluding tert-OH is 6. The van der Waals surface area contributed by atoms with Crippen LogP contribution in [0.5, 0.6) is 5.75 Å². The second-order valence-electron chi connectivity index (χ2n) is 9.73. The highest BCUT2D eigenvalue weighted by Crippen LogP contribution is 2.17. The Balaban J connectivity index is 0.00000968. The number of aryl methyl sites for hydroxylation is 1. The first-order chi connectivity index (χ1) is 20.4. The summed E-state index contributed by atoms with van der Waals surface area (Å²) >= 11 is 5.78. The summed E-state index contributed by atoms with van der Waals surface area (Å²) in [5.41, 5.74) is 12.0. The van der Waals surface area contributed by atoms with Crippen molar-refractivity contribution in [2.45, 2.75) is 43.7 Å². The lowest BCUT2D eigenvalue weighted by molar-refractivity contribution is -0.0551. The first kappa shape index (κ1) is 42.2. The molecule has 16 nitrogen and oxygen atoms in total. The number of ether oxygens (including phenoxy) is 1. The zero-order chi connectivity index (χ0) is 31.9. The van der Waals surface area contributed by atoms with Gasteiger partial charge in [-0.2, -0.15) is 0 Å². The van der Waals surface area contributed by atoms with Crippen LogP contribution in [-0.4, -0.2) is 128 Å². The molecule has 4 atom stereocenters. The molecular weight excluding hydrogens is 659 g/mol. The second kappa shape index (κ2) is 21.9. The van der Waals surface area contributed by atoms with E-state index in [-0.39, 0.29) is 79.5 Å². The van der Waals surface area contributed by atoms with Gasteiger partial charge in [0.2, 0.25) is 0 Å². The summed E-state index contributed by atoms with van der Waals surface area (Å²) in [6.45, 7) is -0.627. The number of anilines is 2. The molecule has 1 heterocycles. The third kappa shape index (κ3) is 14.9. The molecule has 1 aromatic heterocycles. The van der Waals surface area contributed by atoms with Crippen molar-refractivity contribution < 1.29 is 40.2 Å². The number of aliphatic hydroxyl groups is 6. The van der Waals surface area contributed by atoms with Gasteiger partial charge in [0.05, 0.1) is 25.4 Å². The standard InChI is InChI=1S/C26H41ClN8O8.2ClH/c27-22-24(29)33-23(28)21(32-22)25(42)34-26(30)31-8-2-1-3-15-4-6-16(7-5-15)43-10-9-35(11-17(38)19(40)13-36)12-18(39)20(41)14-37;;/h4-7,17-20,36-41H,1-3,8-14H2,(H4,28,29,33)(H3,30,31,34,42);2*1H/t17?,18?,19-,20-;;/m0../s1. The van der Waals surface area contributed by atoms with Crippen molar-refractivity contribution in [3.05, 3.63) is 40.7 Å². The van der Waals surface area contributed by atoms with Crippen molar-refractivity contribution in [2.24, 2.45) is 0 Å². The summed E-state index contributed by atoms with van der Waals surface area (Å²) in [6.07, 6.45) is -3.02. The van der Waals surface area contributed by atoms with E-state index in [1.165, 1.54) is 0 Å². The van der Waals surface area contributed by atoms with Crippen LogP contribution in [-0.2, 0) is 6.42 Å². The largest absolute Gasteiger partial charge is 0.492 e. The molecule has 256 valence electrons. The second-order valence-corrected chi connectivity index (χ2v) is 10.1. The smallest absolute Gasteiger partial charge is 0.280 e. The number of aromatic nitrogens is 2. The number of unbranched alkanes of at least 4 members (excludes halogenated alkanes) is 1. The molecule has 0 saturated heterocycles. The number of halogens is 3. The molecule has 0 aliphatic rings. The molecule has 19 heteroatoms. The van der Waals surface area contributed by atoms with Gasteiger partial charge in [0.25, 0.3) is 5.91 Å². The lowest BCUT2D eigenvalue weighted by Gasteiger charge is -2.29. The van der Waals surface area contributed by atoms with E-state index >= 15 is 0 Å². The molecule has 0 bridgehead atoms. The quantitative estimate of drug-likeness (QED) is 0.0481. The van der Waals surface area contributed by atoms with Crippen LogP contribution in [0, 0.1) is 5.41 Å². The number of nitrogen functional groups attached to an aromatic ring is 2. The van der Waals surface area contributed by atoms with Crippen LogP contribution < -0.4 is 26.8 Å². The van der Waals surface area contributed by atoms with E-state index < -0.39 is 43.5 Å². The normalized spacial score (nSPS) is 13.5. The van der Waals surface area contributed by atoms with E-state index in [0.29, 0.717) is 12.3 Å². The van der Waals surface area contributed by atoms with Crippen LogP contribution in [0.3, 0.4) is 0 Å². The number of amides is 1. The lowest BCUT2D eigenvalue weighted by atomic mass is 10.1. The molecule has 0 spiro atoms. The number of carbonyl (C=O) groups excluding carboxylic acids is 1. The van der Waals surface area contributed by atoms with Crippen molar-refractivity contribution in [1.82, 2.24) is 25.5 Å². The molecule has 1 amide bonds. The minimum absolute atomic E-state index is 0. The number of nitrogens with two attached hydrogens (primary N) is 2. The number of carbonyl (C=O) groups is 1. The zero-order valence-corrected chi connectivity index (χ0v) is 26.8. The fraction of sp³-hybridized carbons (Fsp3) is 0.538. The number of nitrogens with one attached hydrogen (secondary N) is 3. The maximum absolute atomic E-state index is 12.3. The van der Waals surface area contributed by atoms with E-state index in [1.54, 1.807) is 17.0 Å². The average molecular weight is 702 g/mol. The first-order valence-corrected chi connectivity index (χ1v) is 13.9. The lowest BCUT2D eigenvalue weighted by Crippen LogP contribution is -2.47. The van der Waals surface area contributed by atoms with Crippen LogP contribution in [0.2, 0.25) is 5.15 Å². The molecule has 0 saturated carbocycles. The molecule has 2 rings (SSSR count). The first-order valence-electron chi connectivity index (χ1n) is 13.5. The van der Waals surface area contributed by atoms with Gasteiger partial charge in [-0.1, -0.05) is 23.7 Å². The topological polar surface area (TPSA) is 277 Å². The molecule has 0 aliphatic carbocycles. The van der Waals surface area contributed by atoms with Gasteiger partial charge in [-0.3, -0.25) is 20.4 Å². The maximum Gasteiger partial charge on any atom is 0.280 e. The molecule has 0 radical (unpaired) electrons. The Hall–Kier alpha value is -2.77. The highest BCUT2D eigenvalue weighted by Gasteiger charge is 2.24. The number of rotatable bonds is 18. The Labute approximate surface area is 278 Å². The van der Waals surface area contributed by atoms with Crippen molar-refractivity contribution in [1.29, 1.82) is 5.41 Å². The maximum atomic E-state index is 12.3. The van der Waals surface area contributed by atoms with E-state index in [2.05, 4.69) is 20.6 Å². The molecule has 2 unspecified atom stereocenters. The van der Waals surface area contributed by atoms with Gasteiger partial charge in [-0.15, -0.1) is 24.8 Å². The fourth-order valence-electron chi connectivity index (χ4n) is 3.81. The monoisotopic (exact) mass is 700 g/mol.